The van der Waals surface area contributed by atoms with Gasteiger partial charge in [0.15, 0.2) is 0 Å². The number of aliphatic carboxylic acids is 1. The van der Waals surface area contributed by atoms with Crippen molar-refractivity contribution in [1.82, 2.24) is 4.98 Å². The van der Waals surface area contributed by atoms with Crippen LogP contribution in [0.3, 0.4) is 0 Å². The van der Waals surface area contributed by atoms with Crippen LogP contribution in [0, 0.1) is 5.82 Å². The fourth-order valence-electron chi connectivity index (χ4n) is 0.789. The molecule has 1 rings (SSSR count). The average molecular weight is 206 g/mol. The third kappa shape index (κ3) is 4.42. The van der Waals surface area contributed by atoms with Crippen LogP contribution < -0.4 is 0 Å². The summed E-state index contributed by atoms with van der Waals surface area (Å²) >= 11 is 0. The summed E-state index contributed by atoms with van der Waals surface area (Å²) in [6.45, 7) is 0. The normalized spacial score (nSPS) is 9.00. The van der Waals surface area contributed by atoms with E-state index in [2.05, 4.69) is 4.98 Å². The van der Waals surface area contributed by atoms with Gasteiger partial charge in [0.05, 0.1) is 12.6 Å². The van der Waals surface area contributed by atoms with Gasteiger partial charge in [-0.05, 0) is 12.1 Å². The van der Waals surface area contributed by atoms with Crippen molar-refractivity contribution >= 4 is 18.4 Å². The van der Waals surface area contributed by atoms with Crippen LogP contribution in [0.25, 0.3) is 0 Å². The van der Waals surface area contributed by atoms with E-state index < -0.39 is 11.8 Å². The van der Waals surface area contributed by atoms with Crippen molar-refractivity contribution in [1.29, 1.82) is 0 Å². The molecule has 0 amide bonds. The van der Waals surface area contributed by atoms with Gasteiger partial charge < -0.3 is 5.11 Å². The van der Waals surface area contributed by atoms with Crippen LogP contribution >= 0.6 is 12.4 Å². The zero-order chi connectivity index (χ0) is 8.97. The Balaban J connectivity index is 0.00000144. The lowest BCUT2D eigenvalue weighted by atomic mass is 10.2. The first-order valence-corrected chi connectivity index (χ1v) is 3.50. The molecule has 0 radical (unpaired) electrons. The van der Waals surface area contributed by atoms with E-state index in [0.717, 1.165) is 6.20 Å². The van der Waals surface area contributed by atoms with Crippen LogP contribution in [-0.4, -0.2) is 16.1 Å². The number of pyridine rings is 1. The molecule has 0 aliphatic heterocycles. The number of halogens is 2. The minimum Gasteiger partial charge on any atom is -0.481 e. The quantitative estimate of drug-likeness (QED) is 0.817. The van der Waals surface area contributed by atoms with E-state index >= 15 is 0 Å². The third-order valence-electron chi connectivity index (χ3n) is 1.38. The molecule has 0 bridgehead atoms. The number of hydrogen-bond acceptors (Lipinski definition) is 2. The molecule has 1 N–H and O–H groups in total. The predicted octanol–water partition coefficient (Wildman–Crippen LogP) is 1.66. The largest absolute Gasteiger partial charge is 0.481 e. The van der Waals surface area contributed by atoms with Crippen LogP contribution in [0.2, 0.25) is 0 Å². The minimum atomic E-state index is -0.874. The molecule has 0 spiro atoms. The molecule has 3 nitrogen and oxygen atoms in total. The van der Waals surface area contributed by atoms with E-state index in [1.54, 1.807) is 0 Å². The molecule has 0 aromatic carbocycles. The molecular weight excluding hydrogens is 197 g/mol. The van der Waals surface area contributed by atoms with E-state index in [-0.39, 0.29) is 18.8 Å². The first-order valence-electron chi connectivity index (χ1n) is 3.50. The maximum Gasteiger partial charge on any atom is 0.303 e. The van der Waals surface area contributed by atoms with Crippen molar-refractivity contribution in [3.8, 4) is 0 Å². The zero-order valence-corrected chi connectivity index (χ0v) is 7.55. The van der Waals surface area contributed by atoms with E-state index in [1.165, 1.54) is 12.1 Å². The monoisotopic (exact) mass is 205 g/mol. The molecule has 0 unspecified atom stereocenters. The average Bonchev–Trinajstić information content (AvgIpc) is 2.03. The van der Waals surface area contributed by atoms with Gasteiger partial charge in [-0.1, -0.05) is 0 Å². The molecule has 0 aliphatic carbocycles. The number of hydrogen-bond donors (Lipinski definition) is 1. The summed E-state index contributed by atoms with van der Waals surface area (Å²) in [4.78, 5) is 13.8. The topological polar surface area (TPSA) is 50.2 Å². The number of nitrogens with zero attached hydrogens (tertiary/aromatic N) is 1. The van der Waals surface area contributed by atoms with E-state index in [9.17, 15) is 9.18 Å². The van der Waals surface area contributed by atoms with Crippen molar-refractivity contribution in [3.63, 3.8) is 0 Å². The van der Waals surface area contributed by atoms with E-state index in [0.29, 0.717) is 12.1 Å². The van der Waals surface area contributed by atoms with Gasteiger partial charge in [0.25, 0.3) is 0 Å². The van der Waals surface area contributed by atoms with Gasteiger partial charge >= 0.3 is 5.97 Å². The second-order valence-corrected chi connectivity index (χ2v) is 2.36. The maximum absolute atomic E-state index is 12.3. The van der Waals surface area contributed by atoms with Crippen LogP contribution in [0.4, 0.5) is 4.39 Å². The molecular formula is C8H9ClFNO2. The first-order chi connectivity index (χ1) is 5.68. The molecule has 0 fully saturated rings. The van der Waals surface area contributed by atoms with Gasteiger partial charge in [-0.2, -0.15) is 0 Å². The smallest absolute Gasteiger partial charge is 0.303 e. The fourth-order valence-corrected chi connectivity index (χ4v) is 0.789. The summed E-state index contributed by atoms with van der Waals surface area (Å²) in [5.41, 5.74) is 0.596. The molecule has 1 aromatic rings. The van der Waals surface area contributed by atoms with Crippen molar-refractivity contribution in [2.45, 2.75) is 12.8 Å². The molecule has 1 heterocycles. The molecule has 72 valence electrons. The van der Waals surface area contributed by atoms with Crippen molar-refractivity contribution in [2.75, 3.05) is 0 Å². The van der Waals surface area contributed by atoms with Gasteiger partial charge in [0.1, 0.15) is 5.82 Å². The lowest BCUT2D eigenvalue weighted by Crippen LogP contribution is -1.99. The number of carboxylic acids is 1. The highest BCUT2D eigenvalue weighted by molar-refractivity contribution is 5.85. The standard InChI is InChI=1S/C8H8FNO2.ClH/c9-6-1-2-7(10-5-6)3-4-8(11)12;/h1-2,5H,3-4H2,(H,11,12);1H. The van der Waals surface area contributed by atoms with Crippen molar-refractivity contribution in [3.05, 3.63) is 29.8 Å². The summed E-state index contributed by atoms with van der Waals surface area (Å²) in [7, 11) is 0. The molecule has 0 atom stereocenters. The van der Waals surface area contributed by atoms with Crippen LogP contribution in [0.15, 0.2) is 18.3 Å². The van der Waals surface area contributed by atoms with E-state index in [4.69, 9.17) is 5.11 Å². The van der Waals surface area contributed by atoms with Crippen molar-refractivity contribution < 1.29 is 14.3 Å². The summed E-state index contributed by atoms with van der Waals surface area (Å²) in [5, 5.41) is 8.33. The van der Waals surface area contributed by atoms with Crippen molar-refractivity contribution in [2.24, 2.45) is 0 Å². The highest BCUT2D eigenvalue weighted by Crippen LogP contribution is 2.00. The fraction of sp³-hybridized carbons (Fsp3) is 0.250. The zero-order valence-electron chi connectivity index (χ0n) is 6.74. The third-order valence-corrected chi connectivity index (χ3v) is 1.38. The van der Waals surface area contributed by atoms with Gasteiger partial charge in [-0.15, -0.1) is 12.4 Å². The Labute approximate surface area is 81.0 Å². The van der Waals surface area contributed by atoms with Gasteiger partial charge in [-0.3, -0.25) is 9.78 Å². The molecule has 1 aromatic heterocycles. The number of aromatic nitrogens is 1. The van der Waals surface area contributed by atoms with Gasteiger partial charge in [-0.25, -0.2) is 4.39 Å². The molecule has 5 heteroatoms. The first kappa shape index (κ1) is 11.8. The highest BCUT2D eigenvalue weighted by atomic mass is 35.5. The van der Waals surface area contributed by atoms with Crippen LogP contribution in [0.5, 0.6) is 0 Å². The maximum atomic E-state index is 12.3. The SMILES string of the molecule is Cl.O=C(O)CCc1ccc(F)cn1. The lowest BCUT2D eigenvalue weighted by Gasteiger charge is -1.95. The highest BCUT2D eigenvalue weighted by Gasteiger charge is 1.99. The van der Waals surface area contributed by atoms with E-state index in [1.807, 2.05) is 0 Å². The Morgan fingerprint density at radius 2 is 2.23 bits per heavy atom. The second-order valence-electron chi connectivity index (χ2n) is 2.36. The summed E-state index contributed by atoms with van der Waals surface area (Å²) in [5.74, 6) is -1.28. The Morgan fingerprint density at radius 3 is 2.69 bits per heavy atom. The number of carbonyl (C=O) groups is 1. The molecule has 0 saturated heterocycles. The lowest BCUT2D eigenvalue weighted by molar-refractivity contribution is -0.136. The number of carboxylic acid groups (broad SMARTS) is 1. The molecule has 0 saturated carbocycles. The minimum absolute atomic E-state index is 0. The van der Waals surface area contributed by atoms with Gasteiger partial charge in [0.2, 0.25) is 0 Å². The Morgan fingerprint density at radius 1 is 1.54 bits per heavy atom. The van der Waals surface area contributed by atoms with Gasteiger partial charge in [0, 0.05) is 12.1 Å². The summed E-state index contributed by atoms with van der Waals surface area (Å²) < 4.78 is 12.3. The Hall–Kier alpha value is -1.16. The molecule has 0 aliphatic rings. The van der Waals surface area contributed by atoms with Crippen LogP contribution in [0.1, 0.15) is 12.1 Å². The summed E-state index contributed by atoms with van der Waals surface area (Å²) in [6.07, 6.45) is 1.45. The van der Waals surface area contributed by atoms with Crippen LogP contribution in [-0.2, 0) is 11.2 Å². The summed E-state index contributed by atoms with van der Waals surface area (Å²) in [6, 6.07) is 2.75. The predicted molar refractivity (Wildman–Crippen MR) is 47.4 cm³/mol. The number of aryl methyl sites for hydroxylation is 1. The Kier molecular flexibility index (Phi) is 4.99. The Bertz CT molecular complexity index is 276. The molecule has 13 heavy (non-hydrogen) atoms. The number of rotatable bonds is 3. The second kappa shape index (κ2) is 5.48.